The van der Waals surface area contributed by atoms with E-state index in [0.717, 1.165) is 16.6 Å². The number of amidine groups is 1. The fourth-order valence-electron chi connectivity index (χ4n) is 1.50. The minimum atomic E-state index is -0.265. The van der Waals surface area contributed by atoms with Crippen molar-refractivity contribution in [1.29, 1.82) is 0 Å². The minimum absolute atomic E-state index is 0.265. The molecule has 0 saturated carbocycles. The zero-order chi connectivity index (χ0) is 12.4. The summed E-state index contributed by atoms with van der Waals surface area (Å²) >= 11 is 4.82. The number of thioether (sulfide) groups is 1. The monoisotopic (exact) mass is 316 g/mol. The normalized spacial score (nSPS) is 19.6. The van der Waals surface area contributed by atoms with Crippen LogP contribution in [-0.4, -0.2) is 17.0 Å². The Morgan fingerprint density at radius 3 is 2.88 bits per heavy atom. The molecule has 2 nitrogen and oxygen atoms in total. The highest BCUT2D eigenvalue weighted by atomic mass is 79.9. The average molecular weight is 317 g/mol. The lowest BCUT2D eigenvalue weighted by Crippen LogP contribution is -2.12. The molecule has 1 unspecified atom stereocenters. The van der Waals surface area contributed by atoms with Crippen molar-refractivity contribution in [2.75, 3.05) is 11.1 Å². The molecule has 0 spiro atoms. The molecule has 0 aliphatic carbocycles. The van der Waals surface area contributed by atoms with Gasteiger partial charge in [0.25, 0.3) is 0 Å². The molecule has 2 rings (SSSR count). The lowest BCUT2D eigenvalue weighted by atomic mass is 10.1. The van der Waals surface area contributed by atoms with Crippen LogP contribution in [0.3, 0.4) is 0 Å². The quantitative estimate of drug-likeness (QED) is 0.887. The molecule has 92 valence electrons. The minimum Gasteiger partial charge on any atom is -0.335 e. The van der Waals surface area contributed by atoms with Crippen LogP contribution in [0.5, 0.6) is 0 Å². The first-order valence-electron chi connectivity index (χ1n) is 5.49. The van der Waals surface area contributed by atoms with Crippen LogP contribution in [0.4, 0.5) is 10.1 Å². The molecule has 1 aliphatic rings. The third-order valence-corrected chi connectivity index (χ3v) is 4.25. The SMILES string of the molecule is CC(C)C1CSC(Nc2ccc(Br)c(F)c2)=N1. The van der Waals surface area contributed by atoms with Crippen molar-refractivity contribution in [3.05, 3.63) is 28.5 Å². The third-order valence-electron chi connectivity index (χ3n) is 2.61. The van der Waals surface area contributed by atoms with Crippen LogP contribution in [0.2, 0.25) is 0 Å². The number of halogens is 2. The summed E-state index contributed by atoms with van der Waals surface area (Å²) in [7, 11) is 0. The number of rotatable bonds is 2. The molecule has 0 aromatic heterocycles. The van der Waals surface area contributed by atoms with Crippen LogP contribution < -0.4 is 5.32 Å². The van der Waals surface area contributed by atoms with E-state index < -0.39 is 0 Å². The zero-order valence-electron chi connectivity index (χ0n) is 9.71. The molecule has 17 heavy (non-hydrogen) atoms. The Morgan fingerprint density at radius 2 is 2.29 bits per heavy atom. The van der Waals surface area contributed by atoms with E-state index in [9.17, 15) is 4.39 Å². The zero-order valence-corrected chi connectivity index (χ0v) is 12.1. The van der Waals surface area contributed by atoms with Gasteiger partial charge in [0, 0.05) is 11.4 Å². The second kappa shape index (κ2) is 5.40. The van der Waals surface area contributed by atoms with Crippen LogP contribution in [-0.2, 0) is 0 Å². The second-order valence-corrected chi connectivity index (χ2v) is 6.17. The summed E-state index contributed by atoms with van der Waals surface area (Å²) in [6.45, 7) is 4.33. The molecule has 1 aliphatic heterocycles. The molecular weight excluding hydrogens is 303 g/mol. The molecule has 1 aromatic rings. The largest absolute Gasteiger partial charge is 0.335 e. The number of aliphatic imine (C=N–C) groups is 1. The maximum absolute atomic E-state index is 13.3. The second-order valence-electron chi connectivity index (χ2n) is 4.31. The fourth-order valence-corrected chi connectivity index (χ4v) is 2.93. The first-order valence-corrected chi connectivity index (χ1v) is 7.27. The first kappa shape index (κ1) is 12.9. The summed E-state index contributed by atoms with van der Waals surface area (Å²) in [5, 5.41) is 4.03. The number of hydrogen-bond acceptors (Lipinski definition) is 3. The number of hydrogen-bond donors (Lipinski definition) is 1. The van der Waals surface area contributed by atoms with E-state index in [2.05, 4.69) is 40.1 Å². The van der Waals surface area contributed by atoms with Crippen molar-refractivity contribution in [2.24, 2.45) is 10.9 Å². The highest BCUT2D eigenvalue weighted by molar-refractivity contribution is 9.10. The van der Waals surface area contributed by atoms with Crippen molar-refractivity contribution in [1.82, 2.24) is 0 Å². The smallest absolute Gasteiger partial charge is 0.161 e. The molecule has 1 aromatic carbocycles. The Hall–Kier alpha value is -0.550. The van der Waals surface area contributed by atoms with Gasteiger partial charge in [0.1, 0.15) is 5.82 Å². The van der Waals surface area contributed by atoms with Crippen LogP contribution in [0, 0.1) is 11.7 Å². The molecule has 0 amide bonds. The third kappa shape index (κ3) is 3.22. The lowest BCUT2D eigenvalue weighted by Gasteiger charge is -2.08. The summed E-state index contributed by atoms with van der Waals surface area (Å²) in [6.07, 6.45) is 0. The maximum atomic E-state index is 13.3. The van der Waals surface area contributed by atoms with Crippen molar-refractivity contribution >= 4 is 38.5 Å². The number of nitrogens with zero attached hydrogens (tertiary/aromatic N) is 1. The number of nitrogens with one attached hydrogen (secondary N) is 1. The molecule has 0 fully saturated rings. The van der Waals surface area contributed by atoms with Gasteiger partial charge in [-0.2, -0.15) is 0 Å². The standard InChI is InChI=1S/C12H14BrFN2S/c1-7(2)11-6-17-12(16-11)15-8-3-4-9(13)10(14)5-8/h3-5,7,11H,6H2,1-2H3,(H,15,16). The predicted octanol–water partition coefficient (Wildman–Crippen LogP) is 4.13. The topological polar surface area (TPSA) is 24.4 Å². The summed E-state index contributed by atoms with van der Waals surface area (Å²) in [5.41, 5.74) is 0.737. The van der Waals surface area contributed by atoms with Crippen LogP contribution >= 0.6 is 27.7 Å². The Morgan fingerprint density at radius 1 is 1.53 bits per heavy atom. The van der Waals surface area contributed by atoms with Crippen molar-refractivity contribution < 1.29 is 4.39 Å². The highest BCUT2D eigenvalue weighted by Crippen LogP contribution is 2.25. The number of benzene rings is 1. The lowest BCUT2D eigenvalue weighted by molar-refractivity contribution is 0.543. The predicted molar refractivity (Wildman–Crippen MR) is 76.2 cm³/mol. The summed E-state index contributed by atoms with van der Waals surface area (Å²) in [4.78, 5) is 4.57. The van der Waals surface area contributed by atoms with Gasteiger partial charge in [-0.3, -0.25) is 4.99 Å². The fraction of sp³-hybridized carbons (Fsp3) is 0.417. The maximum Gasteiger partial charge on any atom is 0.161 e. The van der Waals surface area contributed by atoms with Gasteiger partial charge in [-0.25, -0.2) is 4.39 Å². The van der Waals surface area contributed by atoms with Crippen molar-refractivity contribution in [3.63, 3.8) is 0 Å². The Balaban J connectivity index is 2.06. The Kier molecular flexibility index (Phi) is 4.09. The molecule has 1 atom stereocenters. The van der Waals surface area contributed by atoms with E-state index in [1.54, 1.807) is 17.8 Å². The summed E-state index contributed by atoms with van der Waals surface area (Å²) in [5.74, 6) is 1.28. The average Bonchev–Trinajstić information content (AvgIpc) is 2.72. The number of anilines is 1. The van der Waals surface area contributed by atoms with Gasteiger partial charge >= 0.3 is 0 Å². The Labute approximate surface area is 113 Å². The van der Waals surface area contributed by atoms with Crippen LogP contribution in [0.15, 0.2) is 27.7 Å². The van der Waals surface area contributed by atoms with Gasteiger partial charge in [-0.05, 0) is 40.0 Å². The molecule has 0 radical (unpaired) electrons. The summed E-state index contributed by atoms with van der Waals surface area (Å²) < 4.78 is 13.8. The first-order chi connectivity index (χ1) is 8.06. The van der Waals surface area contributed by atoms with E-state index in [4.69, 9.17) is 0 Å². The van der Waals surface area contributed by atoms with E-state index in [0.29, 0.717) is 16.4 Å². The van der Waals surface area contributed by atoms with Gasteiger partial charge < -0.3 is 5.32 Å². The molecular formula is C12H14BrFN2S. The summed E-state index contributed by atoms with van der Waals surface area (Å²) in [6, 6.07) is 5.36. The van der Waals surface area contributed by atoms with Crippen LogP contribution in [0.25, 0.3) is 0 Å². The van der Waals surface area contributed by atoms with Gasteiger partial charge in [0.15, 0.2) is 5.17 Å². The highest BCUT2D eigenvalue weighted by Gasteiger charge is 2.21. The van der Waals surface area contributed by atoms with Crippen molar-refractivity contribution in [3.8, 4) is 0 Å². The molecule has 1 N–H and O–H groups in total. The van der Waals surface area contributed by atoms with Crippen molar-refractivity contribution in [2.45, 2.75) is 19.9 Å². The molecule has 0 bridgehead atoms. The van der Waals surface area contributed by atoms with Gasteiger partial charge in [0.05, 0.1) is 10.5 Å². The van der Waals surface area contributed by atoms with Crippen LogP contribution in [0.1, 0.15) is 13.8 Å². The van der Waals surface area contributed by atoms with E-state index in [-0.39, 0.29) is 5.82 Å². The van der Waals surface area contributed by atoms with E-state index in [1.807, 2.05) is 6.07 Å². The van der Waals surface area contributed by atoms with Gasteiger partial charge in [0.2, 0.25) is 0 Å². The molecule has 1 heterocycles. The van der Waals surface area contributed by atoms with Gasteiger partial charge in [-0.1, -0.05) is 25.6 Å². The van der Waals surface area contributed by atoms with E-state index in [1.165, 1.54) is 6.07 Å². The Bertz CT molecular complexity index is 448. The molecule has 0 saturated heterocycles. The molecule has 5 heteroatoms. The van der Waals surface area contributed by atoms with Gasteiger partial charge in [-0.15, -0.1) is 0 Å². The van der Waals surface area contributed by atoms with E-state index >= 15 is 0 Å².